The van der Waals surface area contributed by atoms with E-state index in [1.807, 2.05) is 30.3 Å². The third-order valence-corrected chi connectivity index (χ3v) is 4.08. The van der Waals surface area contributed by atoms with Gasteiger partial charge in [-0.25, -0.2) is 8.78 Å². The molecular formula is C20H15F2N3O3. The number of aromatic nitrogens is 2. The smallest absolute Gasteiger partial charge is 0.273 e. The lowest BCUT2D eigenvalue weighted by Crippen LogP contribution is -2.23. The number of para-hydroxylation sites is 1. The van der Waals surface area contributed by atoms with Crippen molar-refractivity contribution in [1.82, 2.24) is 15.5 Å². The number of carbonyl (C=O) groups excluding carboxylic acids is 1. The number of nitrogens with one attached hydrogen (secondary N) is 2. The first-order valence-electron chi connectivity index (χ1n) is 8.47. The SMILES string of the molecule is O=C(NCc1cc2ccccc2[nH]1)c1cc(COc2ccc(F)cc2F)on1. The summed E-state index contributed by atoms with van der Waals surface area (Å²) in [6.07, 6.45) is 0. The van der Waals surface area contributed by atoms with Crippen LogP contribution in [0.15, 0.2) is 59.1 Å². The zero-order valence-electron chi connectivity index (χ0n) is 14.5. The van der Waals surface area contributed by atoms with Crippen LogP contribution >= 0.6 is 0 Å². The summed E-state index contributed by atoms with van der Waals surface area (Å²) in [6, 6.07) is 14.1. The summed E-state index contributed by atoms with van der Waals surface area (Å²) < 4.78 is 36.7. The number of carbonyl (C=O) groups is 1. The van der Waals surface area contributed by atoms with Crippen LogP contribution < -0.4 is 10.1 Å². The minimum absolute atomic E-state index is 0.0780. The molecule has 0 unspecified atom stereocenters. The normalized spacial score (nSPS) is 10.9. The molecule has 0 atom stereocenters. The number of aromatic amines is 1. The number of benzene rings is 2. The summed E-state index contributed by atoms with van der Waals surface area (Å²) in [4.78, 5) is 15.4. The van der Waals surface area contributed by atoms with E-state index >= 15 is 0 Å². The first kappa shape index (κ1) is 17.7. The second-order valence-electron chi connectivity index (χ2n) is 6.11. The second kappa shape index (κ2) is 7.51. The van der Waals surface area contributed by atoms with Crippen LogP contribution in [0.2, 0.25) is 0 Å². The van der Waals surface area contributed by atoms with Crippen LogP contribution in [-0.4, -0.2) is 16.0 Å². The number of rotatable bonds is 6. The molecule has 1 amide bonds. The first-order valence-corrected chi connectivity index (χ1v) is 8.47. The lowest BCUT2D eigenvalue weighted by molar-refractivity contribution is 0.0941. The molecule has 2 heterocycles. The Kier molecular flexibility index (Phi) is 4.76. The number of hydrogen-bond acceptors (Lipinski definition) is 4. The van der Waals surface area contributed by atoms with Crippen molar-refractivity contribution in [1.29, 1.82) is 0 Å². The predicted octanol–water partition coefficient (Wildman–Crippen LogP) is 3.94. The van der Waals surface area contributed by atoms with Gasteiger partial charge in [0.05, 0.1) is 6.54 Å². The maximum absolute atomic E-state index is 13.5. The van der Waals surface area contributed by atoms with Crippen molar-refractivity contribution in [3.63, 3.8) is 0 Å². The Morgan fingerprint density at radius 2 is 2.00 bits per heavy atom. The van der Waals surface area contributed by atoms with Crippen LogP contribution in [-0.2, 0) is 13.2 Å². The number of H-pyrrole nitrogens is 1. The molecule has 0 aliphatic carbocycles. The van der Waals surface area contributed by atoms with Gasteiger partial charge in [0, 0.05) is 23.3 Å². The molecule has 4 aromatic rings. The molecule has 8 heteroatoms. The lowest BCUT2D eigenvalue weighted by atomic mass is 10.2. The molecule has 0 aliphatic rings. The fourth-order valence-corrected chi connectivity index (χ4v) is 2.72. The van der Waals surface area contributed by atoms with Crippen molar-refractivity contribution in [2.45, 2.75) is 13.2 Å². The number of hydrogen-bond donors (Lipinski definition) is 2. The van der Waals surface area contributed by atoms with Crippen LogP contribution in [0.3, 0.4) is 0 Å². The van der Waals surface area contributed by atoms with Crippen LogP contribution in [0.25, 0.3) is 10.9 Å². The molecule has 2 aromatic carbocycles. The molecule has 2 aromatic heterocycles. The molecule has 6 nitrogen and oxygen atoms in total. The van der Waals surface area contributed by atoms with Crippen molar-refractivity contribution in [2.24, 2.45) is 0 Å². The first-order chi connectivity index (χ1) is 13.6. The molecule has 4 rings (SSSR count). The van der Waals surface area contributed by atoms with E-state index in [0.29, 0.717) is 6.54 Å². The molecule has 142 valence electrons. The van der Waals surface area contributed by atoms with Crippen molar-refractivity contribution in [3.05, 3.63) is 83.4 Å². The highest BCUT2D eigenvalue weighted by Crippen LogP contribution is 2.19. The van der Waals surface area contributed by atoms with E-state index in [1.165, 1.54) is 12.1 Å². The van der Waals surface area contributed by atoms with E-state index in [0.717, 1.165) is 28.7 Å². The van der Waals surface area contributed by atoms with E-state index in [9.17, 15) is 13.6 Å². The topological polar surface area (TPSA) is 80.2 Å². The molecule has 2 N–H and O–H groups in total. The van der Waals surface area contributed by atoms with E-state index in [1.54, 1.807) is 0 Å². The van der Waals surface area contributed by atoms with Gasteiger partial charge in [-0.05, 0) is 29.7 Å². The fourth-order valence-electron chi connectivity index (χ4n) is 2.72. The Morgan fingerprint density at radius 1 is 1.14 bits per heavy atom. The Labute approximate surface area is 158 Å². The summed E-state index contributed by atoms with van der Waals surface area (Å²) in [7, 11) is 0. The molecule has 0 bridgehead atoms. The standard InChI is InChI=1S/C20H15F2N3O3/c21-13-5-6-19(16(22)8-13)27-11-15-9-18(25-28-15)20(26)23-10-14-7-12-3-1-2-4-17(12)24-14/h1-9,24H,10-11H2,(H,23,26). The third-order valence-electron chi connectivity index (χ3n) is 4.08. The fraction of sp³-hybridized carbons (Fsp3) is 0.100. The highest BCUT2D eigenvalue weighted by atomic mass is 19.1. The molecule has 0 radical (unpaired) electrons. The van der Waals surface area contributed by atoms with Gasteiger partial charge in [0.25, 0.3) is 5.91 Å². The molecule has 0 fully saturated rings. The monoisotopic (exact) mass is 383 g/mol. The van der Waals surface area contributed by atoms with Crippen LogP contribution in [0.1, 0.15) is 21.9 Å². The number of nitrogens with zero attached hydrogens (tertiary/aromatic N) is 1. The average Bonchev–Trinajstić information content (AvgIpc) is 3.32. The Bertz CT molecular complexity index is 1100. The van der Waals surface area contributed by atoms with Gasteiger partial charge in [0.1, 0.15) is 12.4 Å². The van der Waals surface area contributed by atoms with Gasteiger partial charge in [-0.15, -0.1) is 0 Å². The van der Waals surface area contributed by atoms with Crippen LogP contribution in [0, 0.1) is 11.6 Å². The van der Waals surface area contributed by atoms with Crippen LogP contribution in [0.5, 0.6) is 5.75 Å². The summed E-state index contributed by atoms with van der Waals surface area (Å²) >= 11 is 0. The van der Waals surface area contributed by atoms with E-state index in [4.69, 9.17) is 9.26 Å². The third kappa shape index (κ3) is 3.85. The van der Waals surface area contributed by atoms with E-state index in [-0.39, 0.29) is 23.8 Å². The molecule has 0 aliphatic heterocycles. The van der Waals surface area contributed by atoms with Crippen molar-refractivity contribution >= 4 is 16.8 Å². The van der Waals surface area contributed by atoms with Crippen LogP contribution in [0.4, 0.5) is 8.78 Å². The van der Waals surface area contributed by atoms with Crippen molar-refractivity contribution < 1.29 is 22.8 Å². The molecule has 0 saturated carbocycles. The van der Waals surface area contributed by atoms with Gasteiger partial charge in [0.15, 0.2) is 23.0 Å². The number of fused-ring (bicyclic) bond motifs is 1. The van der Waals surface area contributed by atoms with Gasteiger partial charge in [-0.3, -0.25) is 4.79 Å². The van der Waals surface area contributed by atoms with Crippen molar-refractivity contribution in [3.8, 4) is 5.75 Å². The van der Waals surface area contributed by atoms with Gasteiger partial charge in [0.2, 0.25) is 0 Å². The summed E-state index contributed by atoms with van der Waals surface area (Å²) in [6.45, 7) is 0.151. The predicted molar refractivity (Wildman–Crippen MR) is 96.7 cm³/mol. The lowest BCUT2D eigenvalue weighted by Gasteiger charge is -2.04. The zero-order chi connectivity index (χ0) is 19.5. The molecule has 28 heavy (non-hydrogen) atoms. The summed E-state index contributed by atoms with van der Waals surface area (Å²) in [5, 5.41) is 7.49. The minimum atomic E-state index is -0.823. The number of halogens is 2. The second-order valence-corrected chi connectivity index (χ2v) is 6.11. The Balaban J connectivity index is 1.34. The van der Waals surface area contributed by atoms with E-state index in [2.05, 4.69) is 15.5 Å². The number of ether oxygens (including phenoxy) is 1. The zero-order valence-corrected chi connectivity index (χ0v) is 14.5. The number of amides is 1. The highest BCUT2D eigenvalue weighted by Gasteiger charge is 2.14. The molecule has 0 saturated heterocycles. The maximum atomic E-state index is 13.5. The van der Waals surface area contributed by atoms with Gasteiger partial charge in [-0.1, -0.05) is 23.4 Å². The quantitative estimate of drug-likeness (QED) is 0.528. The van der Waals surface area contributed by atoms with Gasteiger partial charge >= 0.3 is 0 Å². The van der Waals surface area contributed by atoms with Gasteiger partial charge in [-0.2, -0.15) is 0 Å². The average molecular weight is 383 g/mol. The largest absolute Gasteiger partial charge is 0.482 e. The highest BCUT2D eigenvalue weighted by molar-refractivity contribution is 5.92. The maximum Gasteiger partial charge on any atom is 0.273 e. The Hall–Kier alpha value is -3.68. The molecule has 0 spiro atoms. The minimum Gasteiger partial charge on any atom is -0.482 e. The van der Waals surface area contributed by atoms with Crippen molar-refractivity contribution in [2.75, 3.05) is 0 Å². The summed E-state index contributed by atoms with van der Waals surface area (Å²) in [5.41, 5.74) is 1.92. The van der Waals surface area contributed by atoms with E-state index < -0.39 is 17.5 Å². The molecular weight excluding hydrogens is 368 g/mol. The van der Waals surface area contributed by atoms with Gasteiger partial charge < -0.3 is 19.6 Å². The summed E-state index contributed by atoms with van der Waals surface area (Å²) in [5.74, 6) is -1.82. The Morgan fingerprint density at radius 3 is 2.82 bits per heavy atom.